The predicted octanol–water partition coefficient (Wildman–Crippen LogP) is 2.79. The number of hydrogen-bond acceptors (Lipinski definition) is 4. The molecule has 17 heavy (non-hydrogen) atoms. The molecule has 0 N–H and O–H groups in total. The van der Waals surface area contributed by atoms with Crippen LogP contribution in [0.3, 0.4) is 0 Å². The Bertz CT molecular complexity index is 366. The molecule has 1 aliphatic rings. The molecule has 0 aromatic heterocycles. The zero-order chi connectivity index (χ0) is 13.0. The van der Waals surface area contributed by atoms with Gasteiger partial charge in [0, 0.05) is 24.8 Å². The second-order valence-electron chi connectivity index (χ2n) is 4.95. The third kappa shape index (κ3) is 3.50. The van der Waals surface area contributed by atoms with Gasteiger partial charge in [0.1, 0.15) is 11.6 Å². The SMILES string of the molecule is CC(C)CC(=O)/C(C#N)=C1\SCCN1C(C)C. The summed E-state index contributed by atoms with van der Waals surface area (Å²) in [6.07, 6.45) is 0.457. The molecular weight excluding hydrogens is 232 g/mol. The van der Waals surface area contributed by atoms with E-state index >= 15 is 0 Å². The van der Waals surface area contributed by atoms with E-state index in [1.807, 2.05) is 13.8 Å². The van der Waals surface area contributed by atoms with Crippen LogP contribution in [0.1, 0.15) is 34.1 Å². The molecule has 0 atom stereocenters. The molecule has 1 fully saturated rings. The molecular formula is C13H20N2OS. The zero-order valence-electron chi connectivity index (χ0n) is 11.0. The summed E-state index contributed by atoms with van der Waals surface area (Å²) >= 11 is 1.63. The summed E-state index contributed by atoms with van der Waals surface area (Å²) in [5.74, 6) is 1.25. The van der Waals surface area contributed by atoms with Crippen molar-refractivity contribution in [1.29, 1.82) is 5.26 Å². The van der Waals surface area contributed by atoms with Crippen LogP contribution in [0.5, 0.6) is 0 Å². The number of thioether (sulfide) groups is 1. The maximum Gasteiger partial charge on any atom is 0.176 e. The van der Waals surface area contributed by atoms with Gasteiger partial charge in [-0.2, -0.15) is 5.26 Å². The first-order valence-electron chi connectivity index (χ1n) is 6.04. The van der Waals surface area contributed by atoms with E-state index < -0.39 is 0 Å². The van der Waals surface area contributed by atoms with Crippen LogP contribution in [-0.2, 0) is 4.79 Å². The number of Topliss-reactive ketones (excluding diaryl/α,β-unsaturated/α-hetero) is 1. The van der Waals surface area contributed by atoms with E-state index in [0.717, 1.165) is 17.3 Å². The molecule has 94 valence electrons. The van der Waals surface area contributed by atoms with Gasteiger partial charge in [-0.25, -0.2) is 0 Å². The monoisotopic (exact) mass is 252 g/mol. The van der Waals surface area contributed by atoms with Gasteiger partial charge in [0.15, 0.2) is 5.78 Å². The highest BCUT2D eigenvalue weighted by Crippen LogP contribution is 2.33. The summed E-state index contributed by atoms with van der Waals surface area (Å²) in [5, 5.41) is 10.1. The average Bonchev–Trinajstić information content (AvgIpc) is 2.66. The first kappa shape index (κ1) is 14.1. The highest BCUT2D eigenvalue weighted by atomic mass is 32.2. The molecule has 0 aromatic carbocycles. The lowest BCUT2D eigenvalue weighted by Crippen LogP contribution is -2.28. The van der Waals surface area contributed by atoms with Crippen molar-refractivity contribution in [2.24, 2.45) is 5.92 Å². The van der Waals surface area contributed by atoms with E-state index in [0.29, 0.717) is 24.0 Å². The summed E-state index contributed by atoms with van der Waals surface area (Å²) in [6.45, 7) is 9.11. The van der Waals surface area contributed by atoms with Gasteiger partial charge in [-0.3, -0.25) is 4.79 Å². The van der Waals surface area contributed by atoms with Crippen molar-refractivity contribution in [2.45, 2.75) is 40.2 Å². The van der Waals surface area contributed by atoms with Gasteiger partial charge >= 0.3 is 0 Å². The quantitative estimate of drug-likeness (QED) is 0.570. The van der Waals surface area contributed by atoms with Gasteiger partial charge in [-0.1, -0.05) is 13.8 Å². The molecule has 3 nitrogen and oxygen atoms in total. The molecule has 1 aliphatic heterocycles. The number of rotatable bonds is 4. The summed E-state index contributed by atoms with van der Waals surface area (Å²) in [6, 6.07) is 2.44. The van der Waals surface area contributed by atoms with Crippen molar-refractivity contribution in [2.75, 3.05) is 12.3 Å². The van der Waals surface area contributed by atoms with Gasteiger partial charge in [0.2, 0.25) is 0 Å². The average molecular weight is 252 g/mol. The normalized spacial score (nSPS) is 18.8. The number of carbonyl (C=O) groups excluding carboxylic acids is 1. The third-order valence-electron chi connectivity index (χ3n) is 2.65. The van der Waals surface area contributed by atoms with Gasteiger partial charge in [0.05, 0.1) is 5.03 Å². The Morgan fingerprint density at radius 3 is 2.59 bits per heavy atom. The molecule has 0 unspecified atom stereocenters. The van der Waals surface area contributed by atoms with Crippen LogP contribution in [0.15, 0.2) is 10.6 Å². The maximum atomic E-state index is 12.0. The van der Waals surface area contributed by atoms with Crippen LogP contribution >= 0.6 is 11.8 Å². The molecule has 0 aliphatic carbocycles. The number of hydrogen-bond donors (Lipinski definition) is 0. The molecule has 0 saturated carbocycles. The molecule has 1 heterocycles. The van der Waals surface area contributed by atoms with E-state index in [4.69, 9.17) is 0 Å². The number of nitrogens with zero attached hydrogens (tertiary/aromatic N) is 2. The van der Waals surface area contributed by atoms with Gasteiger partial charge in [-0.15, -0.1) is 11.8 Å². The van der Waals surface area contributed by atoms with Crippen molar-refractivity contribution < 1.29 is 4.79 Å². The fraction of sp³-hybridized carbons (Fsp3) is 0.692. The molecule has 0 spiro atoms. The maximum absolute atomic E-state index is 12.0. The molecule has 0 bridgehead atoms. The fourth-order valence-electron chi connectivity index (χ4n) is 1.84. The minimum Gasteiger partial charge on any atom is -0.362 e. The summed E-state index contributed by atoms with van der Waals surface area (Å²) in [5.41, 5.74) is 0.356. The first-order valence-corrected chi connectivity index (χ1v) is 7.03. The summed E-state index contributed by atoms with van der Waals surface area (Å²) in [7, 11) is 0. The topological polar surface area (TPSA) is 44.1 Å². The van der Waals surface area contributed by atoms with Crippen LogP contribution in [0.4, 0.5) is 0 Å². The Morgan fingerprint density at radius 1 is 1.47 bits per heavy atom. The van der Waals surface area contributed by atoms with Crippen LogP contribution in [-0.4, -0.2) is 29.0 Å². The van der Waals surface area contributed by atoms with Crippen LogP contribution in [0.2, 0.25) is 0 Å². The molecule has 0 radical (unpaired) electrons. The highest BCUT2D eigenvalue weighted by molar-refractivity contribution is 8.03. The molecule has 1 rings (SSSR count). The first-order chi connectivity index (χ1) is 7.97. The van der Waals surface area contributed by atoms with E-state index in [-0.39, 0.29) is 5.78 Å². The van der Waals surface area contributed by atoms with Crippen molar-refractivity contribution in [1.82, 2.24) is 4.90 Å². The second kappa shape index (κ2) is 6.11. The minimum atomic E-state index is -0.0162. The van der Waals surface area contributed by atoms with E-state index in [1.165, 1.54) is 0 Å². The Morgan fingerprint density at radius 2 is 2.12 bits per heavy atom. The van der Waals surface area contributed by atoms with Crippen molar-refractivity contribution in [3.63, 3.8) is 0 Å². The van der Waals surface area contributed by atoms with Crippen molar-refractivity contribution in [3.8, 4) is 6.07 Å². The third-order valence-corrected chi connectivity index (χ3v) is 3.75. The van der Waals surface area contributed by atoms with Crippen molar-refractivity contribution >= 4 is 17.5 Å². The van der Waals surface area contributed by atoms with Gasteiger partial charge < -0.3 is 4.90 Å². The van der Waals surface area contributed by atoms with E-state index in [1.54, 1.807) is 11.8 Å². The minimum absolute atomic E-state index is 0.0162. The van der Waals surface area contributed by atoms with Gasteiger partial charge in [0.25, 0.3) is 0 Å². The lowest BCUT2D eigenvalue weighted by atomic mass is 10.0. The van der Waals surface area contributed by atoms with Crippen LogP contribution < -0.4 is 0 Å². The molecule has 1 saturated heterocycles. The van der Waals surface area contributed by atoms with E-state index in [2.05, 4.69) is 24.8 Å². The summed E-state index contributed by atoms with van der Waals surface area (Å²) < 4.78 is 0. The predicted molar refractivity (Wildman–Crippen MR) is 71.4 cm³/mol. The highest BCUT2D eigenvalue weighted by Gasteiger charge is 2.27. The lowest BCUT2D eigenvalue weighted by molar-refractivity contribution is -0.115. The Balaban J connectivity index is 2.98. The standard InChI is InChI=1S/C13H20N2OS/c1-9(2)7-12(16)11(8-14)13-15(10(3)4)5-6-17-13/h9-10H,5-7H2,1-4H3/b13-11-. The smallest absolute Gasteiger partial charge is 0.176 e. The number of carbonyl (C=O) groups is 1. The molecule has 4 heteroatoms. The summed E-state index contributed by atoms with van der Waals surface area (Å²) in [4.78, 5) is 14.2. The zero-order valence-corrected chi connectivity index (χ0v) is 11.8. The van der Waals surface area contributed by atoms with E-state index in [9.17, 15) is 10.1 Å². The molecule has 0 amide bonds. The van der Waals surface area contributed by atoms with Crippen LogP contribution in [0.25, 0.3) is 0 Å². The largest absolute Gasteiger partial charge is 0.362 e. The Hall–Kier alpha value is -0.950. The number of ketones is 1. The second-order valence-corrected chi connectivity index (χ2v) is 6.03. The lowest BCUT2D eigenvalue weighted by Gasteiger charge is -2.24. The Labute approximate surface area is 108 Å². The Kier molecular flexibility index (Phi) is 5.07. The van der Waals surface area contributed by atoms with Gasteiger partial charge in [-0.05, 0) is 19.8 Å². The fourth-order valence-corrected chi connectivity index (χ4v) is 3.09. The molecule has 0 aromatic rings. The van der Waals surface area contributed by atoms with Crippen LogP contribution in [0, 0.1) is 17.2 Å². The number of nitriles is 1. The van der Waals surface area contributed by atoms with Crippen molar-refractivity contribution in [3.05, 3.63) is 10.6 Å². The number of allylic oxidation sites excluding steroid dienone is 1.